The Morgan fingerprint density at radius 1 is 1.00 bits per heavy atom. The Morgan fingerprint density at radius 2 is 1.79 bits per heavy atom. The fraction of sp³-hybridized carbons (Fsp3) is 0.0952. The van der Waals surface area contributed by atoms with E-state index in [4.69, 9.17) is 23.2 Å². The number of halogens is 2. The predicted molar refractivity (Wildman–Crippen MR) is 111 cm³/mol. The van der Waals surface area contributed by atoms with Gasteiger partial charge in [-0.2, -0.15) is 0 Å². The summed E-state index contributed by atoms with van der Waals surface area (Å²) in [5.74, 6) is -0.485. The lowest BCUT2D eigenvalue weighted by Gasteiger charge is -2.11. The average molecular weight is 415 g/mol. The minimum Gasteiger partial charge on any atom is -0.322 e. The van der Waals surface area contributed by atoms with Gasteiger partial charge in [0.05, 0.1) is 12.1 Å². The van der Waals surface area contributed by atoms with Gasteiger partial charge in [0.2, 0.25) is 0 Å². The topological polar surface area (TPSA) is 68.2 Å². The van der Waals surface area contributed by atoms with Gasteiger partial charge in [0.1, 0.15) is 0 Å². The number of carbonyl (C=O) groups excluding carboxylic acids is 2. The van der Waals surface area contributed by atoms with Crippen LogP contribution in [-0.2, 0) is 6.54 Å². The Labute approximate surface area is 171 Å². The van der Waals surface area contributed by atoms with Crippen LogP contribution >= 0.6 is 23.2 Å². The molecule has 2 aromatic carbocycles. The van der Waals surface area contributed by atoms with Crippen LogP contribution in [0.15, 0.2) is 65.6 Å². The van der Waals surface area contributed by atoms with Crippen molar-refractivity contribution in [2.45, 2.75) is 13.5 Å². The van der Waals surface area contributed by atoms with E-state index < -0.39 is 5.91 Å². The summed E-state index contributed by atoms with van der Waals surface area (Å²) >= 11 is 12.1. The molecule has 0 fully saturated rings. The number of ketones is 1. The molecule has 0 aliphatic heterocycles. The molecule has 0 spiro atoms. The first-order valence-electron chi connectivity index (χ1n) is 8.40. The molecular weight excluding hydrogens is 399 g/mol. The number of benzene rings is 2. The Balaban J connectivity index is 1.84. The first kappa shape index (κ1) is 19.9. The fourth-order valence-corrected chi connectivity index (χ4v) is 3.11. The number of nitrogens with zero attached hydrogens (tertiary/aromatic N) is 1. The minimum absolute atomic E-state index is 0.0931. The van der Waals surface area contributed by atoms with E-state index in [0.717, 1.165) is 0 Å². The lowest BCUT2D eigenvalue weighted by molar-refractivity contribution is 0.101. The molecule has 3 aromatic rings. The van der Waals surface area contributed by atoms with Crippen molar-refractivity contribution in [1.82, 2.24) is 4.57 Å². The van der Waals surface area contributed by atoms with Gasteiger partial charge in [0, 0.05) is 33.6 Å². The molecule has 7 heteroatoms. The van der Waals surface area contributed by atoms with Crippen LogP contribution in [0.3, 0.4) is 0 Å². The third-order valence-electron chi connectivity index (χ3n) is 4.13. The summed E-state index contributed by atoms with van der Waals surface area (Å²) < 4.78 is 1.40. The largest absolute Gasteiger partial charge is 0.322 e. The maximum atomic E-state index is 12.6. The zero-order chi connectivity index (χ0) is 20.3. The van der Waals surface area contributed by atoms with Crippen molar-refractivity contribution >= 4 is 40.6 Å². The van der Waals surface area contributed by atoms with E-state index in [1.165, 1.54) is 29.8 Å². The SMILES string of the molecule is CC(=O)c1cccc(NC(=O)c2ccc(=O)n(Cc3ccc(Cl)cc3Cl)c2)c1. The summed E-state index contributed by atoms with van der Waals surface area (Å²) in [6.45, 7) is 1.66. The van der Waals surface area contributed by atoms with E-state index in [9.17, 15) is 14.4 Å². The highest BCUT2D eigenvalue weighted by Gasteiger charge is 2.11. The molecule has 142 valence electrons. The average Bonchev–Trinajstić information content (AvgIpc) is 2.65. The summed E-state index contributed by atoms with van der Waals surface area (Å²) in [4.78, 5) is 36.2. The second-order valence-electron chi connectivity index (χ2n) is 6.21. The van der Waals surface area contributed by atoms with Crippen LogP contribution in [-0.4, -0.2) is 16.3 Å². The Bertz CT molecular complexity index is 1120. The molecule has 0 bridgehead atoms. The first-order chi connectivity index (χ1) is 13.3. The molecule has 28 heavy (non-hydrogen) atoms. The van der Waals surface area contributed by atoms with E-state index in [0.29, 0.717) is 32.4 Å². The van der Waals surface area contributed by atoms with Gasteiger partial charge in [0.15, 0.2) is 5.78 Å². The number of pyridine rings is 1. The number of rotatable bonds is 5. The van der Waals surface area contributed by atoms with Crippen LogP contribution in [0.1, 0.15) is 33.2 Å². The quantitative estimate of drug-likeness (QED) is 0.617. The van der Waals surface area contributed by atoms with Gasteiger partial charge in [-0.25, -0.2) is 0 Å². The molecule has 0 aliphatic rings. The van der Waals surface area contributed by atoms with Crippen molar-refractivity contribution in [1.29, 1.82) is 0 Å². The Hall–Kier alpha value is -2.89. The molecule has 1 amide bonds. The molecule has 0 unspecified atom stereocenters. The molecule has 0 atom stereocenters. The molecular formula is C21H16Cl2N2O3. The van der Waals surface area contributed by atoms with Crippen molar-refractivity contribution in [2.24, 2.45) is 0 Å². The van der Waals surface area contributed by atoms with E-state index in [1.807, 2.05) is 0 Å². The first-order valence-corrected chi connectivity index (χ1v) is 9.16. The number of hydrogen-bond acceptors (Lipinski definition) is 3. The van der Waals surface area contributed by atoms with Gasteiger partial charge in [-0.3, -0.25) is 14.4 Å². The van der Waals surface area contributed by atoms with E-state index >= 15 is 0 Å². The summed E-state index contributed by atoms with van der Waals surface area (Å²) in [6.07, 6.45) is 1.47. The minimum atomic E-state index is -0.392. The maximum Gasteiger partial charge on any atom is 0.257 e. The molecule has 1 N–H and O–H groups in total. The number of aromatic nitrogens is 1. The zero-order valence-electron chi connectivity index (χ0n) is 14.9. The van der Waals surface area contributed by atoms with E-state index in [1.54, 1.807) is 42.5 Å². The number of anilines is 1. The summed E-state index contributed by atoms with van der Waals surface area (Å²) in [6, 6.07) is 14.4. The van der Waals surface area contributed by atoms with Crippen LogP contribution in [0.4, 0.5) is 5.69 Å². The normalized spacial score (nSPS) is 10.5. The molecule has 1 heterocycles. The molecule has 3 rings (SSSR count). The third-order valence-corrected chi connectivity index (χ3v) is 4.72. The number of carbonyl (C=O) groups is 2. The summed E-state index contributed by atoms with van der Waals surface area (Å²) in [7, 11) is 0. The highest BCUT2D eigenvalue weighted by atomic mass is 35.5. The van der Waals surface area contributed by atoms with Crippen LogP contribution in [0.2, 0.25) is 10.0 Å². The second kappa shape index (κ2) is 8.42. The zero-order valence-corrected chi connectivity index (χ0v) is 16.4. The number of Topliss-reactive ketones (excluding diaryl/α,β-unsaturated/α-hetero) is 1. The lowest BCUT2D eigenvalue weighted by atomic mass is 10.1. The molecule has 0 radical (unpaired) electrons. The standard InChI is InChI=1S/C21H16Cl2N2O3/c1-13(26)14-3-2-4-18(9-14)24-21(28)16-6-8-20(27)25(12-16)11-15-5-7-17(22)10-19(15)23/h2-10,12H,11H2,1H3,(H,24,28). The number of nitrogens with one attached hydrogen (secondary N) is 1. The molecule has 0 aliphatic carbocycles. The predicted octanol–water partition coefficient (Wildman–Crippen LogP) is 4.66. The maximum absolute atomic E-state index is 12.6. The monoisotopic (exact) mass is 414 g/mol. The van der Waals surface area contributed by atoms with Crippen LogP contribution < -0.4 is 10.9 Å². The summed E-state index contributed by atoms with van der Waals surface area (Å²) in [5.41, 5.74) is 1.75. The van der Waals surface area contributed by atoms with Crippen LogP contribution in [0.25, 0.3) is 0 Å². The van der Waals surface area contributed by atoms with Gasteiger partial charge in [-0.1, -0.05) is 41.4 Å². The second-order valence-corrected chi connectivity index (χ2v) is 7.05. The molecule has 0 saturated carbocycles. The van der Waals surface area contributed by atoms with Crippen LogP contribution in [0.5, 0.6) is 0 Å². The molecule has 0 saturated heterocycles. The van der Waals surface area contributed by atoms with Crippen molar-refractivity contribution in [3.8, 4) is 0 Å². The van der Waals surface area contributed by atoms with Crippen LogP contribution in [0, 0.1) is 0 Å². The van der Waals surface area contributed by atoms with E-state index in [-0.39, 0.29) is 17.9 Å². The third kappa shape index (κ3) is 4.68. The van der Waals surface area contributed by atoms with E-state index in [2.05, 4.69) is 5.32 Å². The van der Waals surface area contributed by atoms with Crippen molar-refractivity contribution in [2.75, 3.05) is 5.32 Å². The lowest BCUT2D eigenvalue weighted by Crippen LogP contribution is -2.22. The van der Waals surface area contributed by atoms with Crippen molar-refractivity contribution in [3.05, 3.63) is 97.9 Å². The summed E-state index contributed by atoms with van der Waals surface area (Å²) in [5, 5.41) is 3.67. The van der Waals surface area contributed by atoms with Crippen molar-refractivity contribution in [3.63, 3.8) is 0 Å². The Kier molecular flexibility index (Phi) is 5.97. The Morgan fingerprint density at radius 3 is 2.50 bits per heavy atom. The smallest absolute Gasteiger partial charge is 0.257 e. The number of amides is 1. The molecule has 1 aromatic heterocycles. The van der Waals surface area contributed by atoms with Gasteiger partial charge in [0.25, 0.3) is 11.5 Å². The molecule has 5 nitrogen and oxygen atoms in total. The van der Waals surface area contributed by atoms with Gasteiger partial charge in [-0.15, -0.1) is 0 Å². The van der Waals surface area contributed by atoms with Gasteiger partial charge < -0.3 is 9.88 Å². The van der Waals surface area contributed by atoms with Crippen molar-refractivity contribution < 1.29 is 9.59 Å². The van der Waals surface area contributed by atoms with Gasteiger partial charge in [-0.05, 0) is 42.8 Å². The highest BCUT2D eigenvalue weighted by Crippen LogP contribution is 2.21. The highest BCUT2D eigenvalue weighted by molar-refractivity contribution is 6.35. The fourth-order valence-electron chi connectivity index (χ4n) is 2.64. The number of hydrogen-bond donors (Lipinski definition) is 1. The van der Waals surface area contributed by atoms with Gasteiger partial charge >= 0.3 is 0 Å².